The molecular formula is C22H19FN2O3. The van der Waals surface area contributed by atoms with Gasteiger partial charge in [0.1, 0.15) is 5.82 Å². The van der Waals surface area contributed by atoms with E-state index in [4.69, 9.17) is 0 Å². The van der Waals surface area contributed by atoms with Crippen LogP contribution in [0, 0.1) is 17.7 Å². The van der Waals surface area contributed by atoms with Crippen molar-refractivity contribution in [3.63, 3.8) is 0 Å². The molecule has 1 saturated heterocycles. The summed E-state index contributed by atoms with van der Waals surface area (Å²) in [5.74, 6) is -2.67. The molecule has 0 aliphatic carbocycles. The van der Waals surface area contributed by atoms with Gasteiger partial charge in [0.05, 0.1) is 17.0 Å². The quantitative estimate of drug-likeness (QED) is 0.756. The fourth-order valence-electron chi connectivity index (χ4n) is 3.93. The van der Waals surface area contributed by atoms with Crippen LogP contribution in [0.3, 0.4) is 0 Å². The lowest BCUT2D eigenvalue weighted by Crippen LogP contribution is -2.30. The second-order valence-electron chi connectivity index (χ2n) is 7.13. The fraction of sp³-hybridized carbons (Fsp3) is 0.227. The van der Waals surface area contributed by atoms with E-state index in [0.717, 1.165) is 5.56 Å². The second kappa shape index (κ2) is 7.38. The number of carbonyl (C=O) groups is 2. The van der Waals surface area contributed by atoms with Gasteiger partial charge in [0.2, 0.25) is 0 Å². The molecule has 1 aromatic heterocycles. The van der Waals surface area contributed by atoms with Gasteiger partial charge in [0.15, 0.2) is 0 Å². The molecule has 0 bridgehead atoms. The van der Waals surface area contributed by atoms with Crippen LogP contribution in [-0.2, 0) is 11.2 Å². The summed E-state index contributed by atoms with van der Waals surface area (Å²) in [7, 11) is 0. The molecule has 1 fully saturated rings. The van der Waals surface area contributed by atoms with Crippen molar-refractivity contribution in [1.29, 1.82) is 0 Å². The van der Waals surface area contributed by atoms with Crippen molar-refractivity contribution in [2.45, 2.75) is 6.42 Å². The molecule has 2 aromatic carbocycles. The summed E-state index contributed by atoms with van der Waals surface area (Å²) in [5, 5.41) is 10.2. The SMILES string of the molecule is O=C(O)[C@@H]1CN(C(=O)c2cc(F)cc3cccnc23)C[C@H]1Cc1ccccc1. The van der Waals surface area contributed by atoms with Gasteiger partial charge in [-0.3, -0.25) is 14.6 Å². The lowest BCUT2D eigenvalue weighted by atomic mass is 9.90. The Morgan fingerprint density at radius 1 is 1.11 bits per heavy atom. The summed E-state index contributed by atoms with van der Waals surface area (Å²) in [6.07, 6.45) is 2.13. The Morgan fingerprint density at radius 2 is 1.89 bits per heavy atom. The maximum Gasteiger partial charge on any atom is 0.308 e. The van der Waals surface area contributed by atoms with Crippen LogP contribution >= 0.6 is 0 Å². The Hall–Kier alpha value is -3.28. The first-order valence-corrected chi connectivity index (χ1v) is 9.13. The zero-order valence-electron chi connectivity index (χ0n) is 15.1. The molecule has 1 aliphatic rings. The van der Waals surface area contributed by atoms with E-state index in [-0.39, 0.29) is 23.9 Å². The molecule has 0 unspecified atom stereocenters. The Labute approximate surface area is 161 Å². The molecule has 6 heteroatoms. The van der Waals surface area contributed by atoms with Gasteiger partial charge in [-0.15, -0.1) is 0 Å². The molecule has 1 amide bonds. The molecule has 28 heavy (non-hydrogen) atoms. The van der Waals surface area contributed by atoms with E-state index in [1.54, 1.807) is 18.3 Å². The topological polar surface area (TPSA) is 70.5 Å². The van der Waals surface area contributed by atoms with Gasteiger partial charge in [-0.2, -0.15) is 0 Å². The Morgan fingerprint density at radius 3 is 2.64 bits per heavy atom. The van der Waals surface area contributed by atoms with E-state index >= 15 is 0 Å². The van der Waals surface area contributed by atoms with Gasteiger partial charge in [-0.1, -0.05) is 36.4 Å². The van der Waals surface area contributed by atoms with Crippen molar-refractivity contribution in [2.24, 2.45) is 11.8 Å². The molecule has 4 rings (SSSR count). The largest absolute Gasteiger partial charge is 0.481 e. The van der Waals surface area contributed by atoms with Crippen molar-refractivity contribution in [1.82, 2.24) is 9.88 Å². The summed E-state index contributed by atoms with van der Waals surface area (Å²) in [5.41, 5.74) is 1.62. The molecule has 0 saturated carbocycles. The zero-order chi connectivity index (χ0) is 19.7. The van der Waals surface area contributed by atoms with E-state index in [2.05, 4.69) is 4.98 Å². The summed E-state index contributed by atoms with van der Waals surface area (Å²) in [4.78, 5) is 30.6. The molecule has 1 aliphatic heterocycles. The highest BCUT2D eigenvalue weighted by Crippen LogP contribution is 2.30. The number of benzene rings is 2. The summed E-state index contributed by atoms with van der Waals surface area (Å²) in [6.45, 7) is 0.423. The van der Waals surface area contributed by atoms with Crippen LogP contribution in [0.5, 0.6) is 0 Å². The van der Waals surface area contributed by atoms with Crippen LogP contribution < -0.4 is 0 Å². The molecular weight excluding hydrogens is 359 g/mol. The van der Waals surface area contributed by atoms with Gasteiger partial charge in [-0.05, 0) is 36.1 Å². The molecule has 3 aromatic rings. The number of carboxylic acid groups (broad SMARTS) is 1. The number of nitrogens with zero attached hydrogens (tertiary/aromatic N) is 2. The van der Waals surface area contributed by atoms with Crippen molar-refractivity contribution >= 4 is 22.8 Å². The van der Waals surface area contributed by atoms with E-state index in [1.165, 1.54) is 17.0 Å². The van der Waals surface area contributed by atoms with Crippen LogP contribution in [0.1, 0.15) is 15.9 Å². The van der Waals surface area contributed by atoms with Crippen LogP contribution in [0.25, 0.3) is 10.9 Å². The van der Waals surface area contributed by atoms with Crippen LogP contribution in [0.4, 0.5) is 4.39 Å². The first-order valence-electron chi connectivity index (χ1n) is 9.13. The average Bonchev–Trinajstić information content (AvgIpc) is 3.11. The van der Waals surface area contributed by atoms with Gasteiger partial charge in [0.25, 0.3) is 5.91 Å². The number of likely N-dealkylation sites (tertiary alicyclic amines) is 1. The first-order chi connectivity index (χ1) is 13.5. The van der Waals surface area contributed by atoms with Crippen molar-refractivity contribution in [3.05, 3.63) is 77.7 Å². The van der Waals surface area contributed by atoms with Gasteiger partial charge in [-0.25, -0.2) is 4.39 Å². The standard InChI is InChI=1S/C22H19FN2O3/c23-17-10-15-7-4-8-24-20(15)18(11-17)21(26)25-12-16(19(13-25)22(27)28)9-14-5-2-1-3-6-14/h1-8,10-11,16,19H,9,12-13H2,(H,27,28)/t16-,19-/m1/s1. The minimum Gasteiger partial charge on any atom is -0.481 e. The van der Waals surface area contributed by atoms with E-state index in [9.17, 15) is 19.1 Å². The number of rotatable bonds is 4. The third-order valence-electron chi connectivity index (χ3n) is 5.29. The molecule has 0 spiro atoms. The Kier molecular flexibility index (Phi) is 4.77. The molecule has 142 valence electrons. The van der Waals surface area contributed by atoms with Crippen LogP contribution in [-0.4, -0.2) is 40.0 Å². The normalized spacial score (nSPS) is 19.1. The number of amides is 1. The highest BCUT2D eigenvalue weighted by molar-refractivity contribution is 6.05. The van der Waals surface area contributed by atoms with Crippen molar-refractivity contribution in [3.8, 4) is 0 Å². The summed E-state index contributed by atoms with van der Waals surface area (Å²) < 4.78 is 14.0. The lowest BCUT2D eigenvalue weighted by Gasteiger charge is -2.17. The lowest BCUT2D eigenvalue weighted by molar-refractivity contribution is -0.142. The first kappa shape index (κ1) is 18.1. The van der Waals surface area contributed by atoms with Crippen LogP contribution in [0.15, 0.2) is 60.8 Å². The number of halogens is 1. The van der Waals surface area contributed by atoms with E-state index in [1.807, 2.05) is 30.3 Å². The predicted octanol–water partition coefficient (Wildman–Crippen LogP) is 3.39. The van der Waals surface area contributed by atoms with Gasteiger partial charge in [0, 0.05) is 24.7 Å². The molecule has 5 nitrogen and oxygen atoms in total. The highest BCUT2D eigenvalue weighted by Gasteiger charge is 2.40. The number of carbonyl (C=O) groups excluding carboxylic acids is 1. The van der Waals surface area contributed by atoms with Gasteiger partial charge >= 0.3 is 5.97 Å². The molecule has 2 heterocycles. The fourth-order valence-corrected chi connectivity index (χ4v) is 3.93. The maximum absolute atomic E-state index is 14.0. The van der Waals surface area contributed by atoms with E-state index < -0.39 is 17.7 Å². The van der Waals surface area contributed by atoms with Crippen molar-refractivity contribution in [2.75, 3.05) is 13.1 Å². The Balaban J connectivity index is 1.63. The number of hydrogen-bond donors (Lipinski definition) is 1. The second-order valence-corrected chi connectivity index (χ2v) is 7.13. The molecule has 0 radical (unpaired) electrons. The third kappa shape index (κ3) is 3.45. The third-order valence-corrected chi connectivity index (χ3v) is 5.29. The summed E-state index contributed by atoms with van der Waals surface area (Å²) >= 11 is 0. The van der Waals surface area contributed by atoms with Crippen molar-refractivity contribution < 1.29 is 19.1 Å². The monoisotopic (exact) mass is 378 g/mol. The summed E-state index contributed by atoms with van der Waals surface area (Å²) in [6, 6.07) is 15.5. The number of pyridine rings is 1. The number of hydrogen-bond acceptors (Lipinski definition) is 3. The molecule has 1 N–H and O–H groups in total. The highest BCUT2D eigenvalue weighted by atomic mass is 19.1. The predicted molar refractivity (Wildman–Crippen MR) is 102 cm³/mol. The van der Waals surface area contributed by atoms with E-state index in [0.29, 0.717) is 23.9 Å². The van der Waals surface area contributed by atoms with Crippen LogP contribution in [0.2, 0.25) is 0 Å². The average molecular weight is 378 g/mol. The molecule has 2 atom stereocenters. The minimum atomic E-state index is -0.918. The smallest absolute Gasteiger partial charge is 0.308 e. The zero-order valence-corrected chi connectivity index (χ0v) is 15.1. The number of aromatic nitrogens is 1. The van der Waals surface area contributed by atoms with Gasteiger partial charge < -0.3 is 10.0 Å². The number of fused-ring (bicyclic) bond motifs is 1. The number of carboxylic acids is 1. The maximum atomic E-state index is 14.0. The minimum absolute atomic E-state index is 0.108. The Bertz CT molecular complexity index is 1040. The number of aliphatic carboxylic acids is 1.